The summed E-state index contributed by atoms with van der Waals surface area (Å²) in [6, 6.07) is 12.1. The number of anilines is 1. The molecule has 148 valence electrons. The highest BCUT2D eigenvalue weighted by molar-refractivity contribution is 6.01. The van der Waals surface area contributed by atoms with Crippen LogP contribution in [0.3, 0.4) is 0 Å². The zero-order valence-electron chi connectivity index (χ0n) is 16.0. The first kappa shape index (κ1) is 19.0. The van der Waals surface area contributed by atoms with Crippen molar-refractivity contribution in [2.24, 2.45) is 0 Å². The average molecular weight is 392 g/mol. The minimum absolute atomic E-state index is 0.00221. The summed E-state index contributed by atoms with van der Waals surface area (Å²) in [4.78, 5) is 23.0. The summed E-state index contributed by atoms with van der Waals surface area (Å²) in [6.07, 6.45) is 2.82. The maximum atomic E-state index is 14.8. The van der Waals surface area contributed by atoms with Crippen molar-refractivity contribution in [1.82, 2.24) is 14.9 Å². The van der Waals surface area contributed by atoms with E-state index in [0.29, 0.717) is 47.6 Å². The maximum Gasteiger partial charge on any atom is 0.254 e. The van der Waals surface area contributed by atoms with Crippen LogP contribution in [0, 0.1) is 5.82 Å². The number of halogens is 1. The molecule has 6 nitrogen and oxygen atoms in total. The van der Waals surface area contributed by atoms with Crippen LogP contribution in [0.25, 0.3) is 22.4 Å². The molecule has 7 heteroatoms. The van der Waals surface area contributed by atoms with Crippen LogP contribution < -0.4 is 5.73 Å². The molecule has 2 heterocycles. The molecule has 1 aromatic heterocycles. The number of carbonyl (C=O) groups excluding carboxylic acids is 1. The number of carbonyl (C=O) groups is 1. The Morgan fingerprint density at radius 2 is 2.00 bits per heavy atom. The van der Waals surface area contributed by atoms with Crippen molar-refractivity contribution in [1.29, 1.82) is 0 Å². The Morgan fingerprint density at radius 1 is 1.17 bits per heavy atom. The summed E-state index contributed by atoms with van der Waals surface area (Å²) in [5.41, 5.74) is 8.12. The molecule has 1 aliphatic heterocycles. The van der Waals surface area contributed by atoms with Gasteiger partial charge in [-0.25, -0.2) is 9.37 Å². The van der Waals surface area contributed by atoms with Crippen LogP contribution in [-0.4, -0.2) is 46.6 Å². The number of amides is 1. The van der Waals surface area contributed by atoms with E-state index in [1.54, 1.807) is 23.1 Å². The predicted molar refractivity (Wildman–Crippen MR) is 109 cm³/mol. The van der Waals surface area contributed by atoms with Gasteiger partial charge in [0.25, 0.3) is 5.91 Å². The highest BCUT2D eigenvalue weighted by Crippen LogP contribution is 2.30. The van der Waals surface area contributed by atoms with Gasteiger partial charge in [0, 0.05) is 24.2 Å². The zero-order chi connectivity index (χ0) is 20.4. The average Bonchev–Trinajstić information content (AvgIpc) is 2.74. The third-order valence-corrected chi connectivity index (χ3v) is 4.91. The van der Waals surface area contributed by atoms with Crippen LogP contribution in [0.2, 0.25) is 0 Å². The second kappa shape index (κ2) is 7.97. The number of rotatable bonds is 3. The van der Waals surface area contributed by atoms with Crippen molar-refractivity contribution in [2.45, 2.75) is 13.0 Å². The van der Waals surface area contributed by atoms with Crippen LogP contribution in [0.1, 0.15) is 17.3 Å². The van der Waals surface area contributed by atoms with Gasteiger partial charge >= 0.3 is 0 Å². The van der Waals surface area contributed by atoms with E-state index in [2.05, 4.69) is 9.97 Å². The number of nitrogens with zero attached hydrogens (tertiary/aromatic N) is 3. The lowest BCUT2D eigenvalue weighted by Gasteiger charge is -2.31. The molecular formula is C22H21FN4O2. The van der Waals surface area contributed by atoms with Gasteiger partial charge in [-0.3, -0.25) is 9.78 Å². The third kappa shape index (κ3) is 3.95. The Labute approximate surface area is 168 Å². The number of nitrogens with two attached hydrogens (primary N) is 1. The van der Waals surface area contributed by atoms with Crippen molar-refractivity contribution in [2.75, 3.05) is 25.4 Å². The van der Waals surface area contributed by atoms with E-state index in [1.807, 2.05) is 25.1 Å². The number of aromatic nitrogens is 2. The molecule has 0 radical (unpaired) electrons. The number of ether oxygens (including phenoxy) is 1. The molecule has 1 saturated heterocycles. The highest BCUT2D eigenvalue weighted by atomic mass is 19.1. The van der Waals surface area contributed by atoms with Gasteiger partial charge in [-0.1, -0.05) is 24.3 Å². The Kier molecular flexibility index (Phi) is 5.22. The minimum atomic E-state index is -0.441. The highest BCUT2D eigenvalue weighted by Gasteiger charge is 2.24. The first-order chi connectivity index (χ1) is 14.0. The Balaban J connectivity index is 1.68. The Morgan fingerprint density at radius 3 is 2.72 bits per heavy atom. The molecule has 2 N–H and O–H groups in total. The van der Waals surface area contributed by atoms with Crippen molar-refractivity contribution in [3.05, 3.63) is 66.2 Å². The number of benzene rings is 2. The van der Waals surface area contributed by atoms with Gasteiger partial charge in [-0.15, -0.1) is 0 Å². The van der Waals surface area contributed by atoms with Gasteiger partial charge in [0.15, 0.2) is 0 Å². The van der Waals surface area contributed by atoms with Gasteiger partial charge < -0.3 is 15.4 Å². The van der Waals surface area contributed by atoms with Crippen molar-refractivity contribution >= 4 is 11.7 Å². The molecule has 0 saturated carbocycles. The van der Waals surface area contributed by atoms with E-state index in [9.17, 15) is 9.18 Å². The monoisotopic (exact) mass is 392 g/mol. The van der Waals surface area contributed by atoms with Crippen molar-refractivity contribution in [3.8, 4) is 22.4 Å². The predicted octanol–water partition coefficient (Wildman–Crippen LogP) is 3.39. The summed E-state index contributed by atoms with van der Waals surface area (Å²) in [5.74, 6) is -0.246. The van der Waals surface area contributed by atoms with Crippen LogP contribution >= 0.6 is 0 Å². The van der Waals surface area contributed by atoms with Crippen molar-refractivity contribution < 1.29 is 13.9 Å². The molecule has 3 aromatic rings. The molecule has 2 aromatic carbocycles. The van der Waals surface area contributed by atoms with Crippen LogP contribution in [0.15, 0.2) is 54.9 Å². The molecule has 1 aliphatic rings. The van der Waals surface area contributed by atoms with Crippen molar-refractivity contribution in [3.63, 3.8) is 0 Å². The van der Waals surface area contributed by atoms with Crippen LogP contribution in [-0.2, 0) is 4.74 Å². The molecule has 1 amide bonds. The summed E-state index contributed by atoms with van der Waals surface area (Å²) in [7, 11) is 0. The molecule has 0 bridgehead atoms. The fourth-order valence-corrected chi connectivity index (χ4v) is 3.46. The van der Waals surface area contributed by atoms with E-state index in [4.69, 9.17) is 10.5 Å². The molecule has 4 rings (SSSR count). The lowest BCUT2D eigenvalue weighted by Crippen LogP contribution is -2.44. The first-order valence-corrected chi connectivity index (χ1v) is 9.40. The normalized spacial score (nSPS) is 16.6. The van der Waals surface area contributed by atoms with Gasteiger partial charge in [0.2, 0.25) is 0 Å². The fourth-order valence-electron chi connectivity index (χ4n) is 3.46. The maximum absolute atomic E-state index is 14.8. The topological polar surface area (TPSA) is 81.3 Å². The number of hydrogen-bond acceptors (Lipinski definition) is 5. The Bertz CT molecular complexity index is 1040. The summed E-state index contributed by atoms with van der Waals surface area (Å²) in [5, 5.41) is 0. The fraction of sp³-hybridized carbons (Fsp3) is 0.227. The molecule has 0 unspecified atom stereocenters. The van der Waals surface area contributed by atoms with Gasteiger partial charge in [0.1, 0.15) is 11.6 Å². The van der Waals surface area contributed by atoms with E-state index in [1.165, 1.54) is 18.5 Å². The SMILES string of the molecule is C[C@H]1CN(C(=O)c2ccccc2-c2ccc(-c3cnc(N)cn3)c(F)c2)CCO1. The molecular weight excluding hydrogens is 371 g/mol. The first-order valence-electron chi connectivity index (χ1n) is 9.40. The van der Waals surface area contributed by atoms with Gasteiger partial charge in [-0.05, 0) is 36.2 Å². The lowest BCUT2D eigenvalue weighted by atomic mass is 9.97. The molecule has 1 atom stereocenters. The minimum Gasteiger partial charge on any atom is -0.382 e. The molecule has 0 spiro atoms. The molecule has 1 fully saturated rings. The van der Waals surface area contributed by atoms with E-state index in [-0.39, 0.29) is 17.8 Å². The number of morpholine rings is 1. The third-order valence-electron chi connectivity index (χ3n) is 4.91. The van der Waals surface area contributed by atoms with Crippen LogP contribution in [0.4, 0.5) is 10.2 Å². The van der Waals surface area contributed by atoms with Gasteiger partial charge in [-0.2, -0.15) is 0 Å². The number of hydrogen-bond donors (Lipinski definition) is 1. The lowest BCUT2D eigenvalue weighted by molar-refractivity contribution is -0.0123. The smallest absolute Gasteiger partial charge is 0.254 e. The summed E-state index contributed by atoms with van der Waals surface area (Å²) >= 11 is 0. The van der Waals surface area contributed by atoms with E-state index < -0.39 is 5.82 Å². The van der Waals surface area contributed by atoms with E-state index >= 15 is 0 Å². The summed E-state index contributed by atoms with van der Waals surface area (Å²) in [6.45, 7) is 3.54. The quantitative estimate of drug-likeness (QED) is 0.739. The summed E-state index contributed by atoms with van der Waals surface area (Å²) < 4.78 is 20.4. The molecule has 0 aliphatic carbocycles. The standard InChI is InChI=1S/C22H21FN4O2/c1-14-13-27(8-9-29-14)22(28)17-5-3-2-4-16(17)15-6-7-18(19(23)10-15)20-11-26-21(24)12-25-20/h2-7,10-12,14H,8-9,13H2,1H3,(H2,24,26)/t14-/m0/s1. The molecule has 29 heavy (non-hydrogen) atoms. The van der Waals surface area contributed by atoms with Gasteiger partial charge in [0.05, 0.1) is 30.8 Å². The second-order valence-corrected chi connectivity index (χ2v) is 7.00. The van der Waals surface area contributed by atoms with E-state index in [0.717, 1.165) is 0 Å². The van der Waals surface area contributed by atoms with Crippen LogP contribution in [0.5, 0.6) is 0 Å². The Hall–Kier alpha value is -3.32. The number of nitrogen functional groups attached to an aromatic ring is 1. The second-order valence-electron chi connectivity index (χ2n) is 7.00. The zero-order valence-corrected chi connectivity index (χ0v) is 16.0. The largest absolute Gasteiger partial charge is 0.382 e.